The van der Waals surface area contributed by atoms with Gasteiger partial charge in [0, 0.05) is 31.4 Å². The highest BCUT2D eigenvalue weighted by molar-refractivity contribution is 5.69. The van der Waals surface area contributed by atoms with E-state index in [0.29, 0.717) is 37.1 Å². The summed E-state index contributed by atoms with van der Waals surface area (Å²) in [7, 11) is 1.85. The topological polar surface area (TPSA) is 91.9 Å². The molecule has 1 aliphatic carbocycles. The van der Waals surface area contributed by atoms with Crippen molar-refractivity contribution in [3.05, 3.63) is 63.3 Å². The van der Waals surface area contributed by atoms with Crippen LogP contribution >= 0.6 is 0 Å². The predicted octanol–water partition coefficient (Wildman–Crippen LogP) is 4.58. The lowest BCUT2D eigenvalue weighted by Gasteiger charge is -2.29. The number of hydrogen-bond acceptors (Lipinski definition) is 6. The molecule has 8 heteroatoms. The summed E-state index contributed by atoms with van der Waals surface area (Å²) in [6, 6.07) is 7.70. The first kappa shape index (κ1) is 25.8. The molecule has 1 saturated carbocycles. The summed E-state index contributed by atoms with van der Waals surface area (Å²) in [6.45, 7) is 6.84. The van der Waals surface area contributed by atoms with Crippen LogP contribution in [0.15, 0.2) is 35.3 Å². The van der Waals surface area contributed by atoms with E-state index in [4.69, 9.17) is 9.72 Å². The average Bonchev–Trinajstić information content (AvgIpc) is 3.21. The van der Waals surface area contributed by atoms with Crippen LogP contribution in [-0.2, 0) is 29.5 Å². The summed E-state index contributed by atoms with van der Waals surface area (Å²) in [5.74, 6) is 0.652. The minimum Gasteiger partial charge on any atom is -0.466 e. The molecule has 0 aliphatic heterocycles. The van der Waals surface area contributed by atoms with E-state index in [9.17, 15) is 9.59 Å². The normalized spacial score (nSPS) is 17.8. The van der Waals surface area contributed by atoms with Crippen LogP contribution in [0.2, 0.25) is 0 Å². The highest BCUT2D eigenvalue weighted by atomic mass is 16.5. The van der Waals surface area contributed by atoms with Crippen LogP contribution in [0.1, 0.15) is 80.8 Å². The zero-order valence-electron chi connectivity index (χ0n) is 21.9. The molecule has 0 saturated heterocycles. The summed E-state index contributed by atoms with van der Waals surface area (Å²) in [5, 5.41) is 8.64. The van der Waals surface area contributed by atoms with Crippen LogP contribution < -0.4 is 5.56 Å². The van der Waals surface area contributed by atoms with Crippen molar-refractivity contribution in [3.63, 3.8) is 0 Å². The molecule has 8 nitrogen and oxygen atoms in total. The molecule has 0 N–H and O–H groups in total. The molecule has 2 atom stereocenters. The summed E-state index contributed by atoms with van der Waals surface area (Å²) >= 11 is 0. The molecule has 0 aromatic carbocycles. The molecule has 0 amide bonds. The van der Waals surface area contributed by atoms with E-state index in [1.165, 1.54) is 5.56 Å². The third-order valence-electron chi connectivity index (χ3n) is 7.20. The molecule has 0 spiro atoms. The Labute approximate surface area is 212 Å². The molecule has 1 fully saturated rings. The fraction of sp³-hybridized carbons (Fsp3) is 0.536. The van der Waals surface area contributed by atoms with E-state index in [2.05, 4.69) is 23.3 Å². The van der Waals surface area contributed by atoms with Gasteiger partial charge in [-0.2, -0.15) is 0 Å². The Kier molecular flexibility index (Phi) is 8.33. The second-order valence-corrected chi connectivity index (χ2v) is 9.87. The summed E-state index contributed by atoms with van der Waals surface area (Å²) in [4.78, 5) is 29.4. The quantitative estimate of drug-likeness (QED) is 0.407. The van der Waals surface area contributed by atoms with E-state index in [1.807, 2.05) is 39.2 Å². The average molecular weight is 492 g/mol. The molecular weight excluding hydrogens is 454 g/mol. The number of aromatic nitrogens is 5. The van der Waals surface area contributed by atoms with Crippen LogP contribution in [0.3, 0.4) is 0 Å². The van der Waals surface area contributed by atoms with Gasteiger partial charge >= 0.3 is 5.97 Å². The Hall–Kier alpha value is -3.29. The molecule has 3 aromatic heterocycles. The minimum atomic E-state index is -0.0946. The molecule has 3 aromatic rings. The van der Waals surface area contributed by atoms with E-state index in [-0.39, 0.29) is 11.5 Å². The maximum Gasteiger partial charge on any atom is 0.306 e. The molecule has 0 radical (unpaired) electrons. The fourth-order valence-electron chi connectivity index (χ4n) is 5.41. The standard InChI is InChI=1S/C28H37N5O3/c1-5-8-20-11-14-26(34)33(17-20)18-25-28(30-31-32(25)4)24-13-12-23(19(3)29-24)22-10-7-9-21(15-22)16-27(35)36-6-2/h11-14,17,21-22H,5-10,15-16,18H2,1-4H3. The van der Waals surface area contributed by atoms with E-state index >= 15 is 0 Å². The van der Waals surface area contributed by atoms with Crippen LogP contribution in [0.25, 0.3) is 11.4 Å². The second kappa shape index (κ2) is 11.6. The van der Waals surface area contributed by atoms with Crippen molar-refractivity contribution in [2.24, 2.45) is 13.0 Å². The highest BCUT2D eigenvalue weighted by Crippen LogP contribution is 2.39. The van der Waals surface area contributed by atoms with Gasteiger partial charge in [-0.05, 0) is 68.6 Å². The van der Waals surface area contributed by atoms with Gasteiger partial charge in [0.2, 0.25) is 0 Å². The van der Waals surface area contributed by atoms with Gasteiger partial charge in [0.25, 0.3) is 5.56 Å². The van der Waals surface area contributed by atoms with Crippen molar-refractivity contribution in [1.82, 2.24) is 24.5 Å². The molecule has 0 bridgehead atoms. The van der Waals surface area contributed by atoms with Gasteiger partial charge in [-0.15, -0.1) is 5.10 Å². The Bertz CT molecular complexity index is 1260. The second-order valence-electron chi connectivity index (χ2n) is 9.87. The number of ether oxygens (including phenoxy) is 1. The molecule has 2 unspecified atom stereocenters. The van der Waals surface area contributed by atoms with E-state index in [0.717, 1.165) is 61.2 Å². The van der Waals surface area contributed by atoms with Crippen molar-refractivity contribution in [2.45, 2.75) is 78.2 Å². The van der Waals surface area contributed by atoms with E-state index < -0.39 is 0 Å². The van der Waals surface area contributed by atoms with E-state index in [1.54, 1.807) is 15.3 Å². The zero-order valence-corrected chi connectivity index (χ0v) is 21.9. The smallest absolute Gasteiger partial charge is 0.306 e. The maximum atomic E-state index is 12.5. The largest absolute Gasteiger partial charge is 0.466 e. The van der Waals surface area contributed by atoms with Crippen LogP contribution in [0.5, 0.6) is 0 Å². The Morgan fingerprint density at radius 3 is 2.75 bits per heavy atom. The summed E-state index contributed by atoms with van der Waals surface area (Å²) in [5.41, 5.74) is 5.61. The van der Waals surface area contributed by atoms with Crippen molar-refractivity contribution in [1.29, 1.82) is 0 Å². The van der Waals surface area contributed by atoms with Crippen molar-refractivity contribution in [3.8, 4) is 11.4 Å². The molecular formula is C28H37N5O3. The Morgan fingerprint density at radius 2 is 2.00 bits per heavy atom. The van der Waals surface area contributed by atoms with Gasteiger partial charge in [-0.1, -0.05) is 37.1 Å². The van der Waals surface area contributed by atoms with Crippen LogP contribution in [-0.4, -0.2) is 37.1 Å². The van der Waals surface area contributed by atoms with Crippen LogP contribution in [0.4, 0.5) is 0 Å². The minimum absolute atomic E-state index is 0.0452. The number of esters is 1. The maximum absolute atomic E-state index is 12.5. The van der Waals surface area contributed by atoms with Gasteiger partial charge in [0.1, 0.15) is 5.69 Å². The van der Waals surface area contributed by atoms with Gasteiger partial charge in [-0.25, -0.2) is 4.68 Å². The van der Waals surface area contributed by atoms with Crippen molar-refractivity contribution in [2.75, 3.05) is 6.61 Å². The Balaban J connectivity index is 1.55. The number of rotatable bonds is 9. The molecule has 192 valence electrons. The van der Waals surface area contributed by atoms with Crippen LogP contribution in [0, 0.1) is 12.8 Å². The van der Waals surface area contributed by atoms with Gasteiger partial charge in [0.15, 0.2) is 0 Å². The number of nitrogens with zero attached hydrogens (tertiary/aromatic N) is 5. The highest BCUT2D eigenvalue weighted by Gasteiger charge is 2.27. The molecule has 36 heavy (non-hydrogen) atoms. The van der Waals surface area contributed by atoms with Crippen molar-refractivity contribution >= 4 is 5.97 Å². The monoisotopic (exact) mass is 491 g/mol. The summed E-state index contributed by atoms with van der Waals surface area (Å²) < 4.78 is 8.61. The van der Waals surface area contributed by atoms with Gasteiger partial charge in [-0.3, -0.25) is 14.6 Å². The molecule has 3 heterocycles. The molecule has 1 aliphatic rings. The molecule has 4 rings (SSSR count). The number of carbonyl (C=O) groups is 1. The Morgan fingerprint density at radius 1 is 1.17 bits per heavy atom. The number of aryl methyl sites for hydroxylation is 3. The lowest BCUT2D eigenvalue weighted by atomic mass is 9.76. The first-order chi connectivity index (χ1) is 17.4. The van der Waals surface area contributed by atoms with Gasteiger partial charge in [0.05, 0.1) is 24.5 Å². The predicted molar refractivity (Wildman–Crippen MR) is 139 cm³/mol. The lowest BCUT2D eigenvalue weighted by Crippen LogP contribution is -2.21. The number of carbonyl (C=O) groups excluding carboxylic acids is 1. The summed E-state index contributed by atoms with van der Waals surface area (Å²) in [6.07, 6.45) is 8.65. The number of pyridine rings is 2. The first-order valence-corrected chi connectivity index (χ1v) is 13.1. The fourth-order valence-corrected chi connectivity index (χ4v) is 5.41. The van der Waals surface area contributed by atoms with Gasteiger partial charge < -0.3 is 9.30 Å². The first-order valence-electron chi connectivity index (χ1n) is 13.1. The third-order valence-corrected chi connectivity index (χ3v) is 7.20. The SMILES string of the molecule is CCCc1ccc(=O)n(Cc2c(-c3ccc(C4CCCC(CC(=O)OCC)C4)c(C)n3)nnn2C)c1. The zero-order chi connectivity index (χ0) is 25.7. The third kappa shape index (κ3) is 5.91. The number of hydrogen-bond donors (Lipinski definition) is 0. The lowest BCUT2D eigenvalue weighted by molar-refractivity contribution is -0.144. The van der Waals surface area contributed by atoms with Crippen molar-refractivity contribution < 1.29 is 9.53 Å².